The molecule has 1 aliphatic carbocycles. The Labute approximate surface area is 120 Å². The van der Waals surface area contributed by atoms with Gasteiger partial charge in [0.05, 0.1) is 11.1 Å². The van der Waals surface area contributed by atoms with Crippen molar-refractivity contribution in [3.05, 3.63) is 16.1 Å². The first-order valence-electron chi connectivity index (χ1n) is 7.50. The summed E-state index contributed by atoms with van der Waals surface area (Å²) in [7, 11) is 0. The topological polar surface area (TPSA) is 34.2 Å². The van der Waals surface area contributed by atoms with Crippen LogP contribution in [0, 0.1) is 12.8 Å². The maximum atomic E-state index is 6.02. The summed E-state index contributed by atoms with van der Waals surface area (Å²) in [5.74, 6) is 0.760. The van der Waals surface area contributed by atoms with Gasteiger partial charge >= 0.3 is 0 Å². The van der Waals surface area contributed by atoms with Crippen LogP contribution in [-0.2, 0) is 11.2 Å². The molecule has 2 rings (SSSR count). The first-order chi connectivity index (χ1) is 9.24. The number of hydrogen-bond donors (Lipinski definition) is 1. The molecule has 0 radical (unpaired) electrons. The summed E-state index contributed by atoms with van der Waals surface area (Å²) in [6, 6.07) is 0.415. The molecule has 1 fully saturated rings. The van der Waals surface area contributed by atoms with Gasteiger partial charge in [-0.3, -0.25) is 0 Å². The molecule has 0 spiro atoms. The minimum atomic E-state index is 0.362. The molecule has 0 saturated heterocycles. The van der Waals surface area contributed by atoms with Gasteiger partial charge in [-0.25, -0.2) is 4.98 Å². The normalized spacial score (nSPS) is 18.5. The average molecular weight is 282 g/mol. The van der Waals surface area contributed by atoms with Crippen LogP contribution >= 0.6 is 11.3 Å². The van der Waals surface area contributed by atoms with Crippen LogP contribution in [0.2, 0.25) is 0 Å². The monoisotopic (exact) mass is 282 g/mol. The molecule has 1 saturated carbocycles. The van der Waals surface area contributed by atoms with Crippen molar-refractivity contribution in [1.82, 2.24) is 10.3 Å². The molecule has 0 aromatic carbocycles. The molecule has 1 heterocycles. The van der Waals surface area contributed by atoms with Gasteiger partial charge in [-0.2, -0.15) is 0 Å². The average Bonchev–Trinajstić information content (AvgIpc) is 3.15. The van der Waals surface area contributed by atoms with E-state index < -0.39 is 0 Å². The number of ether oxygens (including phenoxy) is 1. The van der Waals surface area contributed by atoms with E-state index in [0.29, 0.717) is 12.1 Å². The quantitative estimate of drug-likeness (QED) is 0.755. The van der Waals surface area contributed by atoms with Crippen LogP contribution in [0.25, 0.3) is 0 Å². The Hall–Kier alpha value is -0.450. The van der Waals surface area contributed by atoms with E-state index in [1.807, 2.05) is 0 Å². The van der Waals surface area contributed by atoms with E-state index in [-0.39, 0.29) is 0 Å². The SMILES string of the molecule is CCCNC(Cc1nc(C)cs1)C(OCC)C1CC1. The smallest absolute Gasteiger partial charge is 0.0944 e. The molecule has 108 valence electrons. The van der Waals surface area contributed by atoms with Crippen molar-refractivity contribution in [3.8, 4) is 0 Å². The zero-order valence-electron chi connectivity index (χ0n) is 12.3. The highest BCUT2D eigenvalue weighted by Gasteiger charge is 2.37. The fourth-order valence-electron chi connectivity index (χ4n) is 2.52. The lowest BCUT2D eigenvalue weighted by atomic mass is 10.0. The Balaban J connectivity index is 2.00. The predicted octanol–water partition coefficient (Wildman–Crippen LogP) is 3.18. The minimum absolute atomic E-state index is 0.362. The maximum Gasteiger partial charge on any atom is 0.0944 e. The van der Waals surface area contributed by atoms with Crippen molar-refractivity contribution >= 4 is 11.3 Å². The van der Waals surface area contributed by atoms with Crippen molar-refractivity contribution in [3.63, 3.8) is 0 Å². The lowest BCUT2D eigenvalue weighted by Crippen LogP contribution is -2.44. The summed E-state index contributed by atoms with van der Waals surface area (Å²) < 4.78 is 6.02. The fraction of sp³-hybridized carbons (Fsp3) is 0.800. The highest BCUT2D eigenvalue weighted by Crippen LogP contribution is 2.36. The molecule has 0 amide bonds. The zero-order valence-corrected chi connectivity index (χ0v) is 13.1. The molecule has 1 aromatic heterocycles. The van der Waals surface area contributed by atoms with Crippen LogP contribution in [0.3, 0.4) is 0 Å². The third-order valence-electron chi connectivity index (χ3n) is 3.56. The number of hydrogen-bond acceptors (Lipinski definition) is 4. The highest BCUT2D eigenvalue weighted by atomic mass is 32.1. The van der Waals surface area contributed by atoms with Crippen molar-refractivity contribution < 1.29 is 4.74 Å². The number of thiazole rings is 1. The Morgan fingerprint density at radius 3 is 2.79 bits per heavy atom. The van der Waals surface area contributed by atoms with Crippen molar-refractivity contribution in [2.24, 2.45) is 5.92 Å². The molecule has 1 aromatic rings. The summed E-state index contributed by atoms with van der Waals surface area (Å²) in [4.78, 5) is 4.60. The van der Waals surface area contributed by atoms with E-state index in [1.54, 1.807) is 11.3 Å². The molecule has 19 heavy (non-hydrogen) atoms. The van der Waals surface area contributed by atoms with E-state index in [9.17, 15) is 0 Å². The first kappa shape index (κ1) is 14.9. The standard InChI is InChI=1S/C15H26N2OS/c1-4-8-16-13(9-14-17-11(3)10-19-14)15(18-5-2)12-6-7-12/h10,12-13,15-16H,4-9H2,1-3H3. The Bertz CT molecular complexity index is 376. The van der Waals surface area contributed by atoms with Gasteiger partial charge in [0.2, 0.25) is 0 Å². The molecule has 3 nitrogen and oxygen atoms in total. The summed E-state index contributed by atoms with van der Waals surface area (Å²) >= 11 is 1.77. The van der Waals surface area contributed by atoms with Crippen LogP contribution < -0.4 is 5.32 Å². The van der Waals surface area contributed by atoms with Gasteiger partial charge in [0, 0.05) is 30.1 Å². The summed E-state index contributed by atoms with van der Waals surface area (Å²) in [5.41, 5.74) is 1.13. The summed E-state index contributed by atoms with van der Waals surface area (Å²) in [6.07, 6.45) is 5.18. The van der Waals surface area contributed by atoms with Gasteiger partial charge in [0.25, 0.3) is 0 Å². The van der Waals surface area contributed by atoms with E-state index in [0.717, 1.165) is 37.6 Å². The molecule has 0 bridgehead atoms. The Morgan fingerprint density at radius 1 is 1.47 bits per heavy atom. The molecule has 4 heteroatoms. The van der Waals surface area contributed by atoms with Crippen molar-refractivity contribution in [2.45, 2.75) is 58.6 Å². The van der Waals surface area contributed by atoms with E-state index in [4.69, 9.17) is 4.74 Å². The number of aryl methyl sites for hydroxylation is 1. The maximum absolute atomic E-state index is 6.02. The molecule has 1 aliphatic rings. The van der Waals surface area contributed by atoms with E-state index in [2.05, 4.69) is 36.5 Å². The van der Waals surface area contributed by atoms with Crippen LogP contribution in [-0.4, -0.2) is 30.3 Å². The third-order valence-corrected chi connectivity index (χ3v) is 4.55. The summed E-state index contributed by atoms with van der Waals surface area (Å²) in [6.45, 7) is 8.24. The second-order valence-corrected chi connectivity index (χ2v) is 6.35. The second-order valence-electron chi connectivity index (χ2n) is 5.40. The Morgan fingerprint density at radius 2 is 2.26 bits per heavy atom. The molecule has 2 unspecified atom stereocenters. The van der Waals surface area contributed by atoms with Crippen LogP contribution in [0.4, 0.5) is 0 Å². The zero-order chi connectivity index (χ0) is 13.7. The number of rotatable bonds is 9. The predicted molar refractivity (Wildman–Crippen MR) is 80.8 cm³/mol. The van der Waals surface area contributed by atoms with Gasteiger partial charge in [-0.1, -0.05) is 6.92 Å². The van der Waals surface area contributed by atoms with Crippen LogP contribution in [0.5, 0.6) is 0 Å². The van der Waals surface area contributed by atoms with Crippen molar-refractivity contribution in [1.29, 1.82) is 0 Å². The second kappa shape index (κ2) is 7.36. The van der Waals surface area contributed by atoms with Crippen LogP contribution in [0.1, 0.15) is 43.8 Å². The van der Waals surface area contributed by atoms with Gasteiger partial charge < -0.3 is 10.1 Å². The third kappa shape index (κ3) is 4.55. The minimum Gasteiger partial charge on any atom is -0.377 e. The molecule has 2 atom stereocenters. The lowest BCUT2D eigenvalue weighted by Gasteiger charge is -2.27. The summed E-state index contributed by atoms with van der Waals surface area (Å²) in [5, 5.41) is 7.05. The van der Waals surface area contributed by atoms with Gasteiger partial charge in [0.1, 0.15) is 0 Å². The molecular formula is C15H26N2OS. The van der Waals surface area contributed by atoms with Gasteiger partial charge in [0.15, 0.2) is 0 Å². The van der Waals surface area contributed by atoms with Gasteiger partial charge in [-0.05, 0) is 45.6 Å². The van der Waals surface area contributed by atoms with E-state index in [1.165, 1.54) is 17.8 Å². The lowest BCUT2D eigenvalue weighted by molar-refractivity contribution is 0.0192. The number of aromatic nitrogens is 1. The Kier molecular flexibility index (Phi) is 5.79. The molecule has 0 aliphatic heterocycles. The molecular weight excluding hydrogens is 256 g/mol. The molecule has 1 N–H and O–H groups in total. The first-order valence-corrected chi connectivity index (χ1v) is 8.38. The van der Waals surface area contributed by atoms with Gasteiger partial charge in [-0.15, -0.1) is 11.3 Å². The van der Waals surface area contributed by atoms with Crippen LogP contribution in [0.15, 0.2) is 5.38 Å². The number of nitrogens with zero attached hydrogens (tertiary/aromatic N) is 1. The van der Waals surface area contributed by atoms with Crippen molar-refractivity contribution in [2.75, 3.05) is 13.2 Å². The number of nitrogens with one attached hydrogen (secondary N) is 1. The largest absolute Gasteiger partial charge is 0.377 e. The fourth-order valence-corrected chi connectivity index (χ4v) is 3.35. The highest BCUT2D eigenvalue weighted by molar-refractivity contribution is 7.09. The van der Waals surface area contributed by atoms with E-state index >= 15 is 0 Å².